The first-order valence-corrected chi connectivity index (χ1v) is 7.91. The summed E-state index contributed by atoms with van der Waals surface area (Å²) < 4.78 is 5.32. The first kappa shape index (κ1) is 16.7. The normalized spacial score (nSPS) is 10.5. The summed E-state index contributed by atoms with van der Waals surface area (Å²) in [6.45, 7) is 0.103. The Morgan fingerprint density at radius 1 is 1.20 bits per heavy atom. The van der Waals surface area contributed by atoms with Crippen LogP contribution in [0.2, 0.25) is 0 Å². The van der Waals surface area contributed by atoms with Crippen molar-refractivity contribution in [3.05, 3.63) is 65.9 Å². The van der Waals surface area contributed by atoms with Gasteiger partial charge in [0.15, 0.2) is 0 Å². The van der Waals surface area contributed by atoms with Gasteiger partial charge in [-0.25, -0.2) is 0 Å². The van der Waals surface area contributed by atoms with Gasteiger partial charge in [0, 0.05) is 17.9 Å². The number of hydrogen-bond donors (Lipinski definition) is 3. The molecule has 6 nitrogen and oxygen atoms in total. The first-order chi connectivity index (χ1) is 12.2. The molecule has 1 aromatic heterocycles. The van der Waals surface area contributed by atoms with Crippen LogP contribution in [-0.4, -0.2) is 34.9 Å². The van der Waals surface area contributed by atoms with Crippen molar-refractivity contribution in [1.82, 2.24) is 10.2 Å². The topological polar surface area (TPSA) is 87.2 Å². The minimum absolute atomic E-state index is 0.103. The van der Waals surface area contributed by atoms with E-state index in [1.54, 1.807) is 25.3 Å². The second-order valence-corrected chi connectivity index (χ2v) is 5.49. The van der Waals surface area contributed by atoms with Gasteiger partial charge in [0.1, 0.15) is 11.4 Å². The number of benzene rings is 2. The van der Waals surface area contributed by atoms with Crippen LogP contribution in [0.3, 0.4) is 0 Å². The van der Waals surface area contributed by atoms with Crippen molar-refractivity contribution in [3.63, 3.8) is 0 Å². The molecular weight excluding hydrogens is 318 g/mol. The fraction of sp³-hybridized carbons (Fsp3) is 0.158. The lowest BCUT2D eigenvalue weighted by molar-refractivity contribution is 0.102. The predicted molar refractivity (Wildman–Crippen MR) is 95.8 cm³/mol. The van der Waals surface area contributed by atoms with Crippen molar-refractivity contribution in [1.29, 1.82) is 0 Å². The number of aliphatic hydroxyl groups is 1. The number of nitrogens with zero attached hydrogens (tertiary/aromatic N) is 1. The highest BCUT2D eigenvalue weighted by Crippen LogP contribution is 2.28. The molecule has 0 unspecified atom stereocenters. The highest BCUT2D eigenvalue weighted by atomic mass is 16.5. The van der Waals surface area contributed by atoms with E-state index in [0.717, 1.165) is 11.1 Å². The minimum atomic E-state index is -0.274. The van der Waals surface area contributed by atoms with Crippen LogP contribution in [0, 0.1) is 0 Å². The van der Waals surface area contributed by atoms with E-state index in [1.807, 2.05) is 36.4 Å². The van der Waals surface area contributed by atoms with Crippen LogP contribution in [0.25, 0.3) is 11.3 Å². The maximum Gasteiger partial charge on any atom is 0.273 e. The SMILES string of the molecule is COc1ccccc1-c1cc(C(=O)Nc2ccc(CCO)cc2)[nH]n1. The van der Waals surface area contributed by atoms with Gasteiger partial charge in [0.25, 0.3) is 5.91 Å². The molecule has 25 heavy (non-hydrogen) atoms. The second kappa shape index (κ2) is 7.63. The number of carbonyl (C=O) groups is 1. The molecule has 3 N–H and O–H groups in total. The lowest BCUT2D eigenvalue weighted by Crippen LogP contribution is -2.12. The van der Waals surface area contributed by atoms with Crippen molar-refractivity contribution in [2.24, 2.45) is 0 Å². The Morgan fingerprint density at radius 2 is 1.96 bits per heavy atom. The molecule has 0 fully saturated rings. The quantitative estimate of drug-likeness (QED) is 0.645. The monoisotopic (exact) mass is 337 g/mol. The molecule has 6 heteroatoms. The second-order valence-electron chi connectivity index (χ2n) is 5.49. The van der Waals surface area contributed by atoms with Gasteiger partial charge in [0.2, 0.25) is 0 Å². The largest absolute Gasteiger partial charge is 0.496 e. The summed E-state index contributed by atoms with van der Waals surface area (Å²) in [7, 11) is 1.60. The first-order valence-electron chi connectivity index (χ1n) is 7.91. The number of H-pyrrole nitrogens is 1. The van der Waals surface area contributed by atoms with Gasteiger partial charge >= 0.3 is 0 Å². The molecule has 0 saturated carbocycles. The van der Waals surface area contributed by atoms with E-state index in [2.05, 4.69) is 15.5 Å². The Morgan fingerprint density at radius 3 is 2.68 bits per heavy atom. The molecule has 0 atom stereocenters. The molecule has 1 heterocycles. The highest BCUT2D eigenvalue weighted by molar-refractivity contribution is 6.03. The van der Waals surface area contributed by atoms with Gasteiger partial charge in [0.05, 0.1) is 12.8 Å². The molecule has 3 rings (SSSR count). The Hall–Kier alpha value is -3.12. The van der Waals surface area contributed by atoms with Crippen LogP contribution >= 0.6 is 0 Å². The van der Waals surface area contributed by atoms with E-state index in [1.165, 1.54) is 0 Å². The molecule has 0 saturated heterocycles. The molecule has 0 aliphatic rings. The number of rotatable bonds is 6. The Labute approximate surface area is 145 Å². The van der Waals surface area contributed by atoms with Crippen LogP contribution in [0.5, 0.6) is 5.75 Å². The fourth-order valence-corrected chi connectivity index (χ4v) is 2.51. The summed E-state index contributed by atoms with van der Waals surface area (Å²) in [6, 6.07) is 16.5. The Kier molecular flexibility index (Phi) is 5.11. The van der Waals surface area contributed by atoms with Gasteiger partial charge in [-0.2, -0.15) is 5.10 Å². The summed E-state index contributed by atoms with van der Waals surface area (Å²) in [5, 5.41) is 18.7. The van der Waals surface area contributed by atoms with Crippen LogP contribution in [0.1, 0.15) is 16.1 Å². The van der Waals surface area contributed by atoms with Crippen LogP contribution in [-0.2, 0) is 6.42 Å². The highest BCUT2D eigenvalue weighted by Gasteiger charge is 2.13. The molecule has 0 spiro atoms. The van der Waals surface area contributed by atoms with E-state index < -0.39 is 0 Å². The fourth-order valence-electron chi connectivity index (χ4n) is 2.51. The molecule has 3 aromatic rings. The lowest BCUT2D eigenvalue weighted by atomic mass is 10.1. The number of nitrogens with one attached hydrogen (secondary N) is 2. The molecule has 128 valence electrons. The number of amides is 1. The maximum atomic E-state index is 12.4. The Bertz CT molecular complexity index is 856. The van der Waals surface area contributed by atoms with Gasteiger partial charge in [-0.15, -0.1) is 0 Å². The van der Waals surface area contributed by atoms with E-state index in [4.69, 9.17) is 9.84 Å². The van der Waals surface area contributed by atoms with Crippen LogP contribution in [0.15, 0.2) is 54.6 Å². The lowest BCUT2D eigenvalue weighted by Gasteiger charge is -2.05. The number of aromatic nitrogens is 2. The van der Waals surface area contributed by atoms with Crippen molar-refractivity contribution in [3.8, 4) is 17.0 Å². The number of anilines is 1. The molecule has 0 aliphatic heterocycles. The summed E-state index contributed by atoms with van der Waals surface area (Å²) >= 11 is 0. The van der Waals surface area contributed by atoms with Crippen LogP contribution < -0.4 is 10.1 Å². The zero-order chi connectivity index (χ0) is 17.6. The minimum Gasteiger partial charge on any atom is -0.496 e. The zero-order valence-electron chi connectivity index (χ0n) is 13.8. The van der Waals surface area contributed by atoms with E-state index in [-0.39, 0.29) is 12.5 Å². The molecular formula is C19H19N3O3. The third-order valence-electron chi connectivity index (χ3n) is 3.82. The smallest absolute Gasteiger partial charge is 0.273 e. The number of carbonyl (C=O) groups excluding carboxylic acids is 1. The zero-order valence-corrected chi connectivity index (χ0v) is 13.8. The van der Waals surface area contributed by atoms with E-state index in [9.17, 15) is 4.79 Å². The Balaban J connectivity index is 1.74. The molecule has 0 aliphatic carbocycles. The van der Waals surface area contributed by atoms with Crippen molar-refractivity contribution in [2.45, 2.75) is 6.42 Å². The average Bonchev–Trinajstić information content (AvgIpc) is 3.13. The molecule has 1 amide bonds. The third kappa shape index (κ3) is 3.87. The number of aliphatic hydroxyl groups excluding tert-OH is 1. The summed E-state index contributed by atoms with van der Waals surface area (Å²) in [5.74, 6) is 0.420. The number of aromatic amines is 1. The summed E-state index contributed by atoms with van der Waals surface area (Å²) in [4.78, 5) is 12.4. The molecule has 0 bridgehead atoms. The molecule has 2 aromatic carbocycles. The summed E-state index contributed by atoms with van der Waals surface area (Å²) in [5.41, 5.74) is 3.51. The number of methoxy groups -OCH3 is 1. The van der Waals surface area contributed by atoms with Gasteiger partial charge in [-0.05, 0) is 42.3 Å². The van der Waals surface area contributed by atoms with E-state index >= 15 is 0 Å². The van der Waals surface area contributed by atoms with Crippen molar-refractivity contribution < 1.29 is 14.6 Å². The van der Waals surface area contributed by atoms with Crippen molar-refractivity contribution >= 4 is 11.6 Å². The van der Waals surface area contributed by atoms with Gasteiger partial charge in [-0.1, -0.05) is 24.3 Å². The molecule has 0 radical (unpaired) electrons. The van der Waals surface area contributed by atoms with Crippen molar-refractivity contribution in [2.75, 3.05) is 19.0 Å². The third-order valence-corrected chi connectivity index (χ3v) is 3.82. The van der Waals surface area contributed by atoms with Gasteiger partial charge < -0.3 is 15.2 Å². The van der Waals surface area contributed by atoms with E-state index in [0.29, 0.717) is 29.2 Å². The van der Waals surface area contributed by atoms with Gasteiger partial charge in [-0.3, -0.25) is 9.89 Å². The van der Waals surface area contributed by atoms with Crippen LogP contribution in [0.4, 0.5) is 5.69 Å². The number of ether oxygens (including phenoxy) is 1. The number of hydrogen-bond acceptors (Lipinski definition) is 4. The number of para-hydroxylation sites is 1. The predicted octanol–water partition coefficient (Wildman–Crippen LogP) is 2.87. The summed E-state index contributed by atoms with van der Waals surface area (Å²) in [6.07, 6.45) is 0.594. The average molecular weight is 337 g/mol. The maximum absolute atomic E-state index is 12.4. The standard InChI is InChI=1S/C19H19N3O3/c1-25-18-5-3-2-4-15(18)16-12-17(22-21-16)19(24)20-14-8-6-13(7-9-14)10-11-23/h2-9,12,23H,10-11H2,1H3,(H,20,24)(H,21,22).